The molecule has 1 aromatic carbocycles. The largest absolute Gasteiger partial charge is 0.382 e. The summed E-state index contributed by atoms with van der Waals surface area (Å²) >= 11 is 0. The molecule has 0 aliphatic heterocycles. The highest BCUT2D eigenvalue weighted by Crippen LogP contribution is 2.30. The summed E-state index contributed by atoms with van der Waals surface area (Å²) in [6.07, 6.45) is 1.80. The summed E-state index contributed by atoms with van der Waals surface area (Å²) in [5, 5.41) is 11.4. The molecule has 7 heteroatoms. The zero-order chi connectivity index (χ0) is 16.7. The molecule has 0 fully saturated rings. The zero-order valence-electron chi connectivity index (χ0n) is 13.6. The SMILES string of the molecule is CCNC(C)c1nc2c(N)nc3cc(-c4cc[nH]n4)ccc3c2[nH]1. The number of nitrogens with one attached hydrogen (secondary N) is 3. The quantitative estimate of drug-likeness (QED) is 0.462. The van der Waals surface area contributed by atoms with Gasteiger partial charge in [0.15, 0.2) is 5.82 Å². The smallest absolute Gasteiger partial charge is 0.152 e. The lowest BCUT2D eigenvalue weighted by atomic mass is 10.1. The fourth-order valence-electron chi connectivity index (χ4n) is 2.98. The molecule has 1 atom stereocenters. The van der Waals surface area contributed by atoms with Crippen LogP contribution in [0.3, 0.4) is 0 Å². The van der Waals surface area contributed by atoms with Gasteiger partial charge in [-0.3, -0.25) is 5.10 Å². The second-order valence-electron chi connectivity index (χ2n) is 5.81. The zero-order valence-corrected chi connectivity index (χ0v) is 13.6. The number of nitrogens with two attached hydrogens (primary N) is 1. The number of fused-ring (bicyclic) bond motifs is 3. The standard InChI is InChI=1S/C17H19N7/c1-3-19-9(2)17-22-14-11-5-4-10(12-6-7-20-24-12)8-13(11)21-16(18)15(14)23-17/h4-9,19H,3H2,1-2H3,(H2,18,21)(H,20,24)(H,22,23). The lowest BCUT2D eigenvalue weighted by Crippen LogP contribution is -2.18. The van der Waals surface area contributed by atoms with Gasteiger partial charge in [-0.1, -0.05) is 13.0 Å². The highest BCUT2D eigenvalue weighted by Gasteiger charge is 2.15. The number of aromatic nitrogens is 5. The van der Waals surface area contributed by atoms with Gasteiger partial charge in [-0.05, 0) is 31.7 Å². The Bertz CT molecular complexity index is 1000. The van der Waals surface area contributed by atoms with E-state index in [4.69, 9.17) is 5.73 Å². The summed E-state index contributed by atoms with van der Waals surface area (Å²) in [4.78, 5) is 12.6. The minimum Gasteiger partial charge on any atom is -0.382 e. The van der Waals surface area contributed by atoms with Crippen LogP contribution in [0.1, 0.15) is 25.7 Å². The van der Waals surface area contributed by atoms with Crippen molar-refractivity contribution in [3.63, 3.8) is 0 Å². The molecule has 7 nitrogen and oxygen atoms in total. The highest BCUT2D eigenvalue weighted by molar-refractivity contribution is 6.07. The molecule has 4 aromatic rings. The third-order valence-electron chi connectivity index (χ3n) is 4.19. The average Bonchev–Trinajstić information content (AvgIpc) is 3.25. The number of pyridine rings is 1. The Balaban J connectivity index is 1.90. The maximum absolute atomic E-state index is 6.14. The minimum atomic E-state index is 0.125. The van der Waals surface area contributed by atoms with Crippen LogP contribution in [-0.2, 0) is 0 Å². The normalized spacial score (nSPS) is 12.9. The molecule has 0 aliphatic carbocycles. The van der Waals surface area contributed by atoms with Crippen LogP contribution in [0.5, 0.6) is 0 Å². The van der Waals surface area contributed by atoms with Crippen LogP contribution in [0.4, 0.5) is 5.82 Å². The summed E-state index contributed by atoms with van der Waals surface area (Å²) in [5.74, 6) is 1.30. The Morgan fingerprint density at radius 2 is 2.12 bits per heavy atom. The van der Waals surface area contributed by atoms with Crippen LogP contribution in [0, 0.1) is 0 Å². The van der Waals surface area contributed by atoms with Crippen molar-refractivity contribution in [2.45, 2.75) is 19.9 Å². The number of hydrogen-bond donors (Lipinski definition) is 4. The Morgan fingerprint density at radius 3 is 2.88 bits per heavy atom. The molecule has 0 saturated heterocycles. The number of nitrogens with zero attached hydrogens (tertiary/aromatic N) is 3. The van der Waals surface area contributed by atoms with E-state index in [9.17, 15) is 0 Å². The number of hydrogen-bond acceptors (Lipinski definition) is 5. The highest BCUT2D eigenvalue weighted by atomic mass is 15.1. The fraction of sp³-hybridized carbons (Fsp3) is 0.235. The van der Waals surface area contributed by atoms with Crippen LogP contribution in [0.2, 0.25) is 0 Å². The average molecular weight is 321 g/mol. The summed E-state index contributed by atoms with van der Waals surface area (Å²) < 4.78 is 0. The minimum absolute atomic E-state index is 0.125. The Hall–Kier alpha value is -2.93. The number of aromatic amines is 2. The molecule has 5 N–H and O–H groups in total. The molecule has 4 rings (SSSR count). The van der Waals surface area contributed by atoms with E-state index in [2.05, 4.69) is 44.3 Å². The van der Waals surface area contributed by atoms with Crippen LogP contribution in [0.25, 0.3) is 33.2 Å². The molecule has 3 aromatic heterocycles. The van der Waals surface area contributed by atoms with Gasteiger partial charge in [0.25, 0.3) is 0 Å². The van der Waals surface area contributed by atoms with Crippen LogP contribution in [0.15, 0.2) is 30.5 Å². The van der Waals surface area contributed by atoms with Crippen molar-refractivity contribution in [2.24, 2.45) is 0 Å². The van der Waals surface area contributed by atoms with Gasteiger partial charge >= 0.3 is 0 Å². The van der Waals surface area contributed by atoms with Gasteiger partial charge in [0.1, 0.15) is 11.3 Å². The molecular weight excluding hydrogens is 302 g/mol. The van der Waals surface area contributed by atoms with Crippen molar-refractivity contribution in [3.8, 4) is 11.3 Å². The second kappa shape index (κ2) is 5.61. The van der Waals surface area contributed by atoms with Crippen molar-refractivity contribution in [1.82, 2.24) is 30.5 Å². The number of benzene rings is 1. The van der Waals surface area contributed by atoms with Gasteiger partial charge in [0, 0.05) is 17.1 Å². The third-order valence-corrected chi connectivity index (χ3v) is 4.19. The van der Waals surface area contributed by atoms with E-state index >= 15 is 0 Å². The molecular formula is C17H19N7. The number of H-pyrrole nitrogens is 2. The Kier molecular flexibility index (Phi) is 3.42. The third kappa shape index (κ3) is 2.30. The first-order valence-electron chi connectivity index (χ1n) is 7.99. The molecule has 0 bridgehead atoms. The molecule has 0 spiro atoms. The maximum Gasteiger partial charge on any atom is 0.152 e. The van der Waals surface area contributed by atoms with Gasteiger partial charge in [-0.15, -0.1) is 0 Å². The lowest BCUT2D eigenvalue weighted by molar-refractivity contribution is 0.573. The molecule has 3 heterocycles. The summed E-state index contributed by atoms with van der Waals surface area (Å²) in [6.45, 7) is 5.02. The maximum atomic E-state index is 6.14. The van der Waals surface area contributed by atoms with Crippen LogP contribution < -0.4 is 11.1 Å². The predicted molar refractivity (Wildman–Crippen MR) is 95.5 cm³/mol. The van der Waals surface area contributed by atoms with Crippen molar-refractivity contribution in [2.75, 3.05) is 12.3 Å². The molecule has 122 valence electrons. The Labute approximate surface area is 138 Å². The first kappa shape index (κ1) is 14.6. The first-order chi connectivity index (χ1) is 11.7. The Morgan fingerprint density at radius 1 is 1.25 bits per heavy atom. The molecule has 0 radical (unpaired) electrons. The summed E-state index contributed by atoms with van der Waals surface area (Å²) in [7, 11) is 0. The monoisotopic (exact) mass is 321 g/mol. The number of imidazole rings is 1. The van der Waals surface area contributed by atoms with Gasteiger partial charge in [0.05, 0.1) is 22.8 Å². The van der Waals surface area contributed by atoms with Crippen molar-refractivity contribution >= 4 is 27.8 Å². The van der Waals surface area contributed by atoms with Gasteiger partial charge < -0.3 is 16.0 Å². The molecule has 0 amide bonds. The molecule has 0 saturated carbocycles. The van der Waals surface area contributed by atoms with Gasteiger partial charge in [-0.2, -0.15) is 5.10 Å². The second-order valence-corrected chi connectivity index (χ2v) is 5.81. The van der Waals surface area contributed by atoms with Gasteiger partial charge in [-0.25, -0.2) is 9.97 Å². The van der Waals surface area contributed by atoms with Gasteiger partial charge in [0.2, 0.25) is 0 Å². The molecule has 0 aliphatic rings. The predicted octanol–water partition coefficient (Wildman–Crippen LogP) is 2.75. The number of nitrogen functional groups attached to an aromatic ring is 1. The topological polar surface area (TPSA) is 108 Å². The van der Waals surface area contributed by atoms with E-state index in [-0.39, 0.29) is 6.04 Å². The van der Waals surface area contributed by atoms with E-state index in [1.165, 1.54) is 0 Å². The number of rotatable bonds is 4. The summed E-state index contributed by atoms with van der Waals surface area (Å²) in [5.41, 5.74) is 10.5. The van der Waals surface area contributed by atoms with E-state index < -0.39 is 0 Å². The van der Waals surface area contributed by atoms with Crippen molar-refractivity contribution in [3.05, 3.63) is 36.3 Å². The first-order valence-corrected chi connectivity index (χ1v) is 7.99. The fourth-order valence-corrected chi connectivity index (χ4v) is 2.98. The van der Waals surface area contributed by atoms with Crippen molar-refractivity contribution < 1.29 is 0 Å². The van der Waals surface area contributed by atoms with E-state index in [1.54, 1.807) is 6.20 Å². The van der Waals surface area contributed by atoms with Crippen LogP contribution in [-0.4, -0.2) is 31.7 Å². The van der Waals surface area contributed by atoms with E-state index in [0.717, 1.165) is 45.6 Å². The van der Waals surface area contributed by atoms with Crippen molar-refractivity contribution in [1.29, 1.82) is 0 Å². The number of anilines is 1. The summed E-state index contributed by atoms with van der Waals surface area (Å²) in [6, 6.07) is 8.11. The van der Waals surface area contributed by atoms with Crippen LogP contribution >= 0.6 is 0 Å². The van der Waals surface area contributed by atoms with E-state index in [0.29, 0.717) is 5.82 Å². The molecule has 1 unspecified atom stereocenters. The molecule has 24 heavy (non-hydrogen) atoms. The lowest BCUT2D eigenvalue weighted by Gasteiger charge is -2.07. The van der Waals surface area contributed by atoms with E-state index in [1.807, 2.05) is 24.3 Å².